The van der Waals surface area contributed by atoms with E-state index in [9.17, 15) is 4.39 Å². The van der Waals surface area contributed by atoms with Crippen LogP contribution < -0.4 is 10.1 Å². The van der Waals surface area contributed by atoms with Gasteiger partial charge in [0.2, 0.25) is 5.95 Å². The minimum absolute atomic E-state index is 0.247. The van der Waals surface area contributed by atoms with E-state index in [2.05, 4.69) is 51.4 Å². The Bertz CT molecular complexity index is 1460. The number of anilines is 1. The molecular weight excluding hydrogens is 445 g/mol. The third-order valence-corrected chi connectivity index (χ3v) is 6.66. The predicted octanol–water partition coefficient (Wildman–Crippen LogP) is 5.01. The van der Waals surface area contributed by atoms with Gasteiger partial charge in [-0.05, 0) is 25.1 Å². The number of hydrogen-bond acceptors (Lipinski definition) is 5. The van der Waals surface area contributed by atoms with Crippen LogP contribution in [-0.4, -0.2) is 34.0 Å². The molecule has 5 rings (SSSR count). The molecule has 0 unspecified atom stereocenters. The Balaban J connectivity index is 1.60. The van der Waals surface area contributed by atoms with Crippen molar-refractivity contribution < 1.29 is 9.13 Å². The fraction of sp³-hybridized carbons (Fsp3) is 0.269. The number of nitrogens with zero attached hydrogens (tertiary/aromatic N) is 4. The van der Waals surface area contributed by atoms with E-state index in [0.29, 0.717) is 36.8 Å². The van der Waals surface area contributed by atoms with Crippen LogP contribution in [-0.2, 0) is 13.0 Å². The Morgan fingerprint density at radius 2 is 2.00 bits per heavy atom. The molecule has 0 saturated carbocycles. The molecule has 0 radical (unpaired) electrons. The van der Waals surface area contributed by atoms with Crippen LogP contribution >= 0.6 is 0 Å². The number of benzene rings is 1. The molecule has 0 bridgehead atoms. The number of aryl methyl sites for hydroxylation is 1. The largest absolute Gasteiger partial charge is 0.493 e. The van der Waals surface area contributed by atoms with E-state index in [4.69, 9.17) is 4.74 Å². The van der Waals surface area contributed by atoms with Gasteiger partial charge in [0.1, 0.15) is 31.7 Å². The topological polar surface area (TPSA) is 64.3 Å². The van der Waals surface area contributed by atoms with Gasteiger partial charge in [-0.1, -0.05) is 31.6 Å². The molecule has 1 aliphatic rings. The first-order valence-electron chi connectivity index (χ1n) is 11.3. The molecule has 4 aromatic rings. The van der Waals surface area contributed by atoms with Gasteiger partial charge in [-0.3, -0.25) is 9.38 Å². The van der Waals surface area contributed by atoms with Crippen LogP contribution in [0, 0.1) is 24.2 Å². The number of aromatic nitrogens is 4. The van der Waals surface area contributed by atoms with Crippen LogP contribution in [0.2, 0.25) is 19.6 Å². The van der Waals surface area contributed by atoms with Crippen LogP contribution in [0.1, 0.15) is 22.5 Å². The van der Waals surface area contributed by atoms with Crippen LogP contribution in [0.15, 0.2) is 43.0 Å². The zero-order valence-corrected chi connectivity index (χ0v) is 20.7. The summed E-state index contributed by atoms with van der Waals surface area (Å²) in [5.41, 5.74) is 9.29. The Labute approximate surface area is 199 Å². The summed E-state index contributed by atoms with van der Waals surface area (Å²) in [5, 5.41) is 3.31. The monoisotopic (exact) mass is 471 g/mol. The summed E-state index contributed by atoms with van der Waals surface area (Å²) in [6, 6.07) is 7.09. The number of halogens is 1. The van der Waals surface area contributed by atoms with E-state index in [1.807, 2.05) is 29.7 Å². The summed E-state index contributed by atoms with van der Waals surface area (Å²) < 4.78 is 22.2. The highest BCUT2D eigenvalue weighted by Gasteiger charge is 2.21. The second kappa shape index (κ2) is 8.58. The maximum atomic E-state index is 14.7. The molecule has 0 saturated heterocycles. The van der Waals surface area contributed by atoms with Crippen molar-refractivity contribution in [3.05, 3.63) is 71.3 Å². The molecule has 0 fully saturated rings. The van der Waals surface area contributed by atoms with E-state index in [1.165, 1.54) is 6.07 Å². The third kappa shape index (κ3) is 4.15. The molecule has 1 aromatic carbocycles. The smallest absolute Gasteiger partial charge is 0.209 e. The van der Waals surface area contributed by atoms with E-state index < -0.39 is 8.07 Å². The Morgan fingerprint density at radius 3 is 2.79 bits per heavy atom. The number of rotatable bonds is 4. The zero-order chi connectivity index (χ0) is 23.9. The normalized spacial score (nSPS) is 12.7. The maximum absolute atomic E-state index is 14.7. The summed E-state index contributed by atoms with van der Waals surface area (Å²) >= 11 is 0. The van der Waals surface area contributed by atoms with Crippen molar-refractivity contribution in [1.82, 2.24) is 19.4 Å². The lowest BCUT2D eigenvalue weighted by Crippen LogP contribution is -2.16. The molecule has 3 aromatic heterocycles. The zero-order valence-electron chi connectivity index (χ0n) is 19.7. The first-order valence-corrected chi connectivity index (χ1v) is 14.8. The number of hydrogen-bond donors (Lipinski definition) is 1. The Hall–Kier alpha value is -3.70. The van der Waals surface area contributed by atoms with E-state index in [1.54, 1.807) is 18.6 Å². The molecule has 0 atom stereocenters. The highest BCUT2D eigenvalue weighted by atomic mass is 28.3. The standard InChI is InChI=1S/C26H26FN5OSi/c1-17-18(6-5-11-28-17)21-15-30-26(32-16-31-23(25(21)32)10-13-34(2,3)4)29-14-20-19-9-12-33-24(19)8-7-22(20)27/h5-8,11,15-16H,9,12,14H2,1-4H3,(H,29,30). The van der Waals surface area contributed by atoms with Crippen molar-refractivity contribution in [2.75, 3.05) is 11.9 Å². The van der Waals surface area contributed by atoms with Gasteiger partial charge in [-0.2, -0.15) is 0 Å². The highest BCUT2D eigenvalue weighted by molar-refractivity contribution is 6.83. The van der Waals surface area contributed by atoms with Crippen LogP contribution in [0.3, 0.4) is 0 Å². The number of fused-ring (bicyclic) bond motifs is 2. The van der Waals surface area contributed by atoms with Crippen LogP contribution in [0.25, 0.3) is 16.6 Å². The Morgan fingerprint density at radius 1 is 1.15 bits per heavy atom. The van der Waals surface area contributed by atoms with Crippen molar-refractivity contribution in [1.29, 1.82) is 0 Å². The Kier molecular flexibility index (Phi) is 5.58. The lowest BCUT2D eigenvalue weighted by Gasteiger charge is -2.14. The second-order valence-electron chi connectivity index (χ2n) is 9.40. The van der Waals surface area contributed by atoms with Crippen molar-refractivity contribution in [3.63, 3.8) is 0 Å². The van der Waals surface area contributed by atoms with Gasteiger partial charge >= 0.3 is 0 Å². The van der Waals surface area contributed by atoms with Gasteiger partial charge in [-0.15, -0.1) is 5.54 Å². The molecule has 172 valence electrons. The molecule has 0 aliphatic carbocycles. The minimum atomic E-state index is -1.61. The summed E-state index contributed by atoms with van der Waals surface area (Å²) in [4.78, 5) is 13.7. The van der Waals surface area contributed by atoms with Gasteiger partial charge in [0.15, 0.2) is 0 Å². The van der Waals surface area contributed by atoms with Gasteiger partial charge in [-0.25, -0.2) is 14.4 Å². The van der Waals surface area contributed by atoms with Crippen LogP contribution in [0.4, 0.5) is 10.3 Å². The molecule has 8 heteroatoms. The van der Waals surface area contributed by atoms with Gasteiger partial charge in [0.25, 0.3) is 0 Å². The summed E-state index contributed by atoms with van der Waals surface area (Å²) in [5.74, 6) is 4.39. The summed E-state index contributed by atoms with van der Waals surface area (Å²) in [6.45, 7) is 9.46. The average molecular weight is 472 g/mol. The molecule has 0 spiro atoms. The SMILES string of the molecule is Cc1ncccc1-c1cnc(NCc2c(F)ccc3c2CCO3)n2cnc(C#C[Si](C)(C)C)c12. The van der Waals surface area contributed by atoms with Crippen molar-refractivity contribution >= 4 is 19.5 Å². The number of imidazole rings is 1. The number of nitrogens with one attached hydrogen (secondary N) is 1. The third-order valence-electron chi connectivity index (χ3n) is 5.78. The van der Waals surface area contributed by atoms with Gasteiger partial charge in [0, 0.05) is 53.3 Å². The van der Waals surface area contributed by atoms with Crippen LogP contribution in [0.5, 0.6) is 5.75 Å². The summed E-state index contributed by atoms with van der Waals surface area (Å²) in [6.07, 6.45) is 6.02. The molecule has 4 heterocycles. The number of pyridine rings is 1. The van der Waals surface area contributed by atoms with E-state index >= 15 is 0 Å². The lowest BCUT2D eigenvalue weighted by atomic mass is 10.0. The van der Waals surface area contributed by atoms with Gasteiger partial charge < -0.3 is 10.1 Å². The summed E-state index contributed by atoms with van der Waals surface area (Å²) in [7, 11) is -1.61. The van der Waals surface area contributed by atoms with E-state index in [-0.39, 0.29) is 5.82 Å². The first kappa shape index (κ1) is 22.1. The molecule has 0 amide bonds. The lowest BCUT2D eigenvalue weighted by molar-refractivity contribution is 0.356. The maximum Gasteiger partial charge on any atom is 0.209 e. The van der Waals surface area contributed by atoms with E-state index in [0.717, 1.165) is 33.7 Å². The fourth-order valence-corrected chi connectivity index (χ4v) is 4.62. The van der Waals surface area contributed by atoms with Gasteiger partial charge in [0.05, 0.1) is 12.1 Å². The quantitative estimate of drug-likeness (QED) is 0.335. The van der Waals surface area contributed by atoms with Crippen molar-refractivity contribution in [2.24, 2.45) is 0 Å². The average Bonchev–Trinajstić information content (AvgIpc) is 3.44. The predicted molar refractivity (Wildman–Crippen MR) is 134 cm³/mol. The molecule has 1 N–H and O–H groups in total. The molecule has 34 heavy (non-hydrogen) atoms. The number of ether oxygens (including phenoxy) is 1. The molecule has 1 aliphatic heterocycles. The van der Waals surface area contributed by atoms with Crippen molar-refractivity contribution in [2.45, 2.75) is 39.5 Å². The minimum Gasteiger partial charge on any atom is -0.493 e. The van der Waals surface area contributed by atoms with Crippen molar-refractivity contribution in [3.8, 4) is 28.3 Å². The second-order valence-corrected chi connectivity index (χ2v) is 14.1. The molecular formula is C26H26FN5OSi. The first-order chi connectivity index (χ1) is 16.3. The highest BCUT2D eigenvalue weighted by Crippen LogP contribution is 2.32. The fourth-order valence-electron chi connectivity index (χ4n) is 4.12. The molecule has 6 nitrogen and oxygen atoms in total.